The predicted molar refractivity (Wildman–Crippen MR) is 90.0 cm³/mol. The first kappa shape index (κ1) is 15.6. The predicted octanol–water partition coefficient (Wildman–Crippen LogP) is 3.98. The molecule has 0 radical (unpaired) electrons. The van der Waals surface area contributed by atoms with E-state index in [4.69, 9.17) is 11.0 Å². The lowest BCUT2D eigenvalue weighted by Crippen LogP contribution is -2.17. The third-order valence-electron chi connectivity index (χ3n) is 3.39. The van der Waals surface area contributed by atoms with E-state index in [2.05, 4.69) is 39.0 Å². The second-order valence-corrected chi connectivity index (χ2v) is 6.02. The van der Waals surface area contributed by atoms with Gasteiger partial charge in [-0.25, -0.2) is 0 Å². The maximum absolute atomic E-state index is 8.95. The van der Waals surface area contributed by atoms with Crippen LogP contribution in [0.3, 0.4) is 0 Å². The highest BCUT2D eigenvalue weighted by Gasteiger charge is 2.08. The summed E-state index contributed by atoms with van der Waals surface area (Å²) in [7, 11) is 2.03. The van der Waals surface area contributed by atoms with Crippen molar-refractivity contribution in [1.82, 2.24) is 0 Å². The zero-order valence-corrected chi connectivity index (χ0v) is 13.8. The second kappa shape index (κ2) is 6.75. The molecule has 0 aliphatic rings. The van der Waals surface area contributed by atoms with E-state index in [9.17, 15) is 0 Å². The molecule has 2 aromatic rings. The molecule has 2 aromatic carbocycles. The van der Waals surface area contributed by atoms with Crippen LogP contribution in [0.4, 0.5) is 5.69 Å². The fraction of sp³-hybridized carbons (Fsp3) is 0.235. The van der Waals surface area contributed by atoms with Gasteiger partial charge in [-0.3, -0.25) is 0 Å². The Morgan fingerprint density at radius 2 is 2.05 bits per heavy atom. The Balaban J connectivity index is 2.18. The number of nitrogens with zero attached hydrogens (tertiary/aromatic N) is 2. The Hall–Kier alpha value is -1.83. The first-order valence-corrected chi connectivity index (χ1v) is 7.55. The molecule has 4 heteroatoms. The van der Waals surface area contributed by atoms with Crippen LogP contribution in [-0.2, 0) is 6.54 Å². The van der Waals surface area contributed by atoms with Gasteiger partial charge in [0, 0.05) is 29.8 Å². The molecule has 0 saturated heterocycles. The zero-order valence-electron chi connectivity index (χ0n) is 12.2. The van der Waals surface area contributed by atoms with Gasteiger partial charge in [-0.2, -0.15) is 5.26 Å². The lowest BCUT2D eigenvalue weighted by Gasteiger charge is -2.21. The van der Waals surface area contributed by atoms with E-state index >= 15 is 0 Å². The Bertz CT molecular complexity index is 674. The molecule has 3 nitrogen and oxygen atoms in total. The third-order valence-corrected chi connectivity index (χ3v) is 4.08. The summed E-state index contributed by atoms with van der Waals surface area (Å²) >= 11 is 3.57. The topological polar surface area (TPSA) is 53.0 Å². The Morgan fingerprint density at radius 1 is 1.29 bits per heavy atom. The molecule has 0 fully saturated rings. The molecule has 0 unspecified atom stereocenters. The van der Waals surface area contributed by atoms with Crippen molar-refractivity contribution in [2.24, 2.45) is 5.73 Å². The van der Waals surface area contributed by atoms with Gasteiger partial charge in [-0.15, -0.1) is 0 Å². The van der Waals surface area contributed by atoms with Crippen molar-refractivity contribution < 1.29 is 0 Å². The number of nitriles is 1. The van der Waals surface area contributed by atoms with E-state index in [-0.39, 0.29) is 6.04 Å². The van der Waals surface area contributed by atoms with Crippen molar-refractivity contribution in [2.75, 3.05) is 11.9 Å². The molecule has 0 saturated carbocycles. The third kappa shape index (κ3) is 3.84. The maximum atomic E-state index is 8.95. The number of hydrogen-bond donors (Lipinski definition) is 1. The van der Waals surface area contributed by atoms with Gasteiger partial charge in [0.2, 0.25) is 0 Å². The minimum Gasteiger partial charge on any atom is -0.370 e. The van der Waals surface area contributed by atoms with Crippen molar-refractivity contribution in [2.45, 2.75) is 19.5 Å². The lowest BCUT2D eigenvalue weighted by atomic mass is 10.1. The Labute approximate surface area is 134 Å². The molecule has 2 rings (SSSR count). The standard InChI is InChI=1S/C17H18BrN3/c1-12(20)16-7-6-15(9-17(16)18)21(2)11-14-5-3-4-13(8-14)10-19/h3-9,12H,11,20H2,1-2H3/t12-/m0/s1. The number of halogens is 1. The first-order valence-electron chi connectivity index (χ1n) is 6.76. The SMILES string of the molecule is C[C@H](N)c1ccc(N(C)Cc2cccc(C#N)c2)cc1Br. The Morgan fingerprint density at radius 3 is 2.67 bits per heavy atom. The summed E-state index contributed by atoms with van der Waals surface area (Å²) < 4.78 is 1.02. The fourth-order valence-corrected chi connectivity index (χ4v) is 2.95. The molecular formula is C17H18BrN3. The van der Waals surface area contributed by atoms with Gasteiger partial charge < -0.3 is 10.6 Å². The normalized spacial score (nSPS) is 11.8. The summed E-state index contributed by atoms with van der Waals surface area (Å²) in [5, 5.41) is 8.95. The molecule has 0 aliphatic carbocycles. The molecule has 108 valence electrons. The van der Waals surface area contributed by atoms with E-state index in [1.165, 1.54) is 0 Å². The number of benzene rings is 2. The molecule has 2 N–H and O–H groups in total. The van der Waals surface area contributed by atoms with Crippen LogP contribution >= 0.6 is 15.9 Å². The summed E-state index contributed by atoms with van der Waals surface area (Å²) in [5.41, 5.74) is 9.93. The van der Waals surface area contributed by atoms with Crippen LogP contribution in [0, 0.1) is 11.3 Å². The van der Waals surface area contributed by atoms with Crippen LogP contribution in [0.2, 0.25) is 0 Å². The highest BCUT2D eigenvalue weighted by molar-refractivity contribution is 9.10. The Kier molecular flexibility index (Phi) is 5.00. The minimum absolute atomic E-state index is 0.00559. The molecule has 0 amide bonds. The van der Waals surface area contributed by atoms with Gasteiger partial charge in [0.15, 0.2) is 0 Å². The van der Waals surface area contributed by atoms with Crippen molar-refractivity contribution in [1.29, 1.82) is 5.26 Å². The van der Waals surface area contributed by atoms with Gasteiger partial charge in [-0.1, -0.05) is 34.1 Å². The average Bonchev–Trinajstić information content (AvgIpc) is 2.46. The van der Waals surface area contributed by atoms with Crippen molar-refractivity contribution >= 4 is 21.6 Å². The van der Waals surface area contributed by atoms with Gasteiger partial charge in [0.25, 0.3) is 0 Å². The van der Waals surface area contributed by atoms with Gasteiger partial charge in [-0.05, 0) is 42.3 Å². The van der Waals surface area contributed by atoms with Crippen LogP contribution in [-0.4, -0.2) is 7.05 Å². The van der Waals surface area contributed by atoms with Crippen LogP contribution in [0.15, 0.2) is 46.9 Å². The first-order chi connectivity index (χ1) is 10.0. The summed E-state index contributed by atoms with van der Waals surface area (Å²) in [5.74, 6) is 0. The highest BCUT2D eigenvalue weighted by atomic mass is 79.9. The fourth-order valence-electron chi connectivity index (χ4n) is 2.23. The largest absolute Gasteiger partial charge is 0.370 e. The van der Waals surface area contributed by atoms with Crippen LogP contribution in [0.5, 0.6) is 0 Å². The molecule has 21 heavy (non-hydrogen) atoms. The maximum Gasteiger partial charge on any atom is 0.0991 e. The number of nitrogens with two attached hydrogens (primary N) is 1. The van der Waals surface area contributed by atoms with Crippen LogP contribution in [0.25, 0.3) is 0 Å². The summed E-state index contributed by atoms with van der Waals surface area (Å²) in [6.45, 7) is 2.72. The molecule has 0 aliphatic heterocycles. The van der Waals surface area contributed by atoms with E-state index in [0.29, 0.717) is 5.56 Å². The van der Waals surface area contributed by atoms with Crippen LogP contribution < -0.4 is 10.6 Å². The van der Waals surface area contributed by atoms with Crippen molar-refractivity contribution in [3.05, 3.63) is 63.6 Å². The molecule has 0 heterocycles. The van der Waals surface area contributed by atoms with Crippen molar-refractivity contribution in [3.63, 3.8) is 0 Å². The summed E-state index contributed by atoms with van der Waals surface area (Å²) in [6, 6.07) is 16.0. The molecular weight excluding hydrogens is 326 g/mol. The molecule has 0 bridgehead atoms. The zero-order chi connectivity index (χ0) is 15.4. The molecule has 0 spiro atoms. The number of anilines is 1. The highest BCUT2D eigenvalue weighted by Crippen LogP contribution is 2.27. The quantitative estimate of drug-likeness (QED) is 0.913. The smallest absolute Gasteiger partial charge is 0.0991 e. The van der Waals surface area contributed by atoms with Gasteiger partial charge >= 0.3 is 0 Å². The second-order valence-electron chi connectivity index (χ2n) is 5.16. The van der Waals surface area contributed by atoms with Gasteiger partial charge in [0.1, 0.15) is 0 Å². The monoisotopic (exact) mass is 343 g/mol. The number of rotatable bonds is 4. The average molecular weight is 344 g/mol. The summed E-state index contributed by atoms with van der Waals surface area (Å²) in [6.07, 6.45) is 0. The molecule has 1 atom stereocenters. The minimum atomic E-state index is 0.00559. The van der Waals surface area contributed by atoms with E-state index in [0.717, 1.165) is 27.8 Å². The summed E-state index contributed by atoms with van der Waals surface area (Å²) in [4.78, 5) is 2.15. The van der Waals surface area contributed by atoms with Crippen molar-refractivity contribution in [3.8, 4) is 6.07 Å². The van der Waals surface area contributed by atoms with Crippen LogP contribution in [0.1, 0.15) is 29.7 Å². The number of hydrogen-bond acceptors (Lipinski definition) is 3. The van der Waals surface area contributed by atoms with E-state index < -0.39 is 0 Å². The van der Waals surface area contributed by atoms with E-state index in [1.807, 2.05) is 44.3 Å². The molecule has 0 aromatic heterocycles. The van der Waals surface area contributed by atoms with Gasteiger partial charge in [0.05, 0.1) is 11.6 Å². The lowest BCUT2D eigenvalue weighted by molar-refractivity contribution is 0.812. The van der Waals surface area contributed by atoms with E-state index in [1.54, 1.807) is 0 Å².